The first-order valence-electron chi connectivity index (χ1n) is 12.6. The zero-order valence-corrected chi connectivity index (χ0v) is 21.8. The van der Waals surface area contributed by atoms with Gasteiger partial charge in [0.15, 0.2) is 0 Å². The number of hydrogen-bond acceptors (Lipinski definition) is 6. The van der Waals surface area contributed by atoms with E-state index in [0.717, 1.165) is 24.2 Å². The predicted octanol–water partition coefficient (Wildman–Crippen LogP) is 3.90. The minimum Gasteiger partial charge on any atom is -0.508 e. The third-order valence-corrected chi connectivity index (χ3v) is 6.33. The molecule has 0 radical (unpaired) electrons. The van der Waals surface area contributed by atoms with Gasteiger partial charge in [0, 0.05) is 29.8 Å². The van der Waals surface area contributed by atoms with E-state index in [1.807, 2.05) is 56.3 Å². The van der Waals surface area contributed by atoms with E-state index in [2.05, 4.69) is 16.7 Å². The number of ether oxygens (including phenoxy) is 1. The van der Waals surface area contributed by atoms with E-state index in [4.69, 9.17) is 4.74 Å². The van der Waals surface area contributed by atoms with Crippen molar-refractivity contribution in [3.63, 3.8) is 0 Å². The molecule has 3 aromatic carbocycles. The van der Waals surface area contributed by atoms with E-state index in [9.17, 15) is 20.1 Å². The van der Waals surface area contributed by atoms with Gasteiger partial charge in [-0.05, 0) is 86.2 Å². The van der Waals surface area contributed by atoms with Crippen LogP contribution in [-0.2, 0) is 19.4 Å². The SMILES string of the molecule is COc1cccc(CCCNC(=O)c2cccc(CC(C)(C)NC[C@H](O)c3ccc(O)c(CO)c3)c2)c1. The Kier molecular flexibility index (Phi) is 10.1. The lowest BCUT2D eigenvalue weighted by molar-refractivity contribution is 0.0953. The number of methoxy groups -OCH3 is 1. The molecule has 0 spiro atoms. The molecule has 0 saturated carbocycles. The molecule has 37 heavy (non-hydrogen) atoms. The number of rotatable bonds is 13. The molecule has 3 rings (SSSR count). The van der Waals surface area contributed by atoms with E-state index in [-0.39, 0.29) is 23.8 Å². The summed E-state index contributed by atoms with van der Waals surface area (Å²) in [5.41, 5.74) is 3.47. The first-order chi connectivity index (χ1) is 17.7. The summed E-state index contributed by atoms with van der Waals surface area (Å²) in [6.45, 7) is 4.68. The molecule has 7 heteroatoms. The molecule has 0 aliphatic rings. The zero-order chi connectivity index (χ0) is 26.8. The number of hydrogen-bond donors (Lipinski definition) is 5. The molecule has 0 bridgehead atoms. The van der Waals surface area contributed by atoms with Crippen LogP contribution in [0, 0.1) is 0 Å². The van der Waals surface area contributed by atoms with Gasteiger partial charge in [0.05, 0.1) is 19.8 Å². The van der Waals surface area contributed by atoms with Crippen molar-refractivity contribution in [2.75, 3.05) is 20.2 Å². The van der Waals surface area contributed by atoms with Gasteiger partial charge in [-0.15, -0.1) is 0 Å². The highest BCUT2D eigenvalue weighted by Crippen LogP contribution is 2.23. The number of phenols is 1. The lowest BCUT2D eigenvalue weighted by atomic mass is 9.93. The molecule has 0 fully saturated rings. The minimum absolute atomic E-state index is 0.00696. The zero-order valence-electron chi connectivity index (χ0n) is 21.8. The van der Waals surface area contributed by atoms with Crippen LogP contribution in [0.3, 0.4) is 0 Å². The van der Waals surface area contributed by atoms with Gasteiger partial charge in [-0.3, -0.25) is 4.79 Å². The number of carbonyl (C=O) groups is 1. The highest BCUT2D eigenvalue weighted by molar-refractivity contribution is 5.94. The monoisotopic (exact) mass is 506 g/mol. The molecular formula is C30H38N2O5. The Morgan fingerprint density at radius 2 is 1.78 bits per heavy atom. The first-order valence-corrected chi connectivity index (χ1v) is 12.6. The Hall–Kier alpha value is -3.39. The average Bonchev–Trinajstić information content (AvgIpc) is 2.90. The van der Waals surface area contributed by atoms with Gasteiger partial charge in [-0.25, -0.2) is 0 Å². The van der Waals surface area contributed by atoms with Gasteiger partial charge < -0.3 is 30.7 Å². The summed E-state index contributed by atoms with van der Waals surface area (Å²) >= 11 is 0. The predicted molar refractivity (Wildman–Crippen MR) is 145 cm³/mol. The second kappa shape index (κ2) is 13.2. The third-order valence-electron chi connectivity index (χ3n) is 6.33. The highest BCUT2D eigenvalue weighted by Gasteiger charge is 2.21. The number of aryl methyl sites for hydroxylation is 1. The summed E-state index contributed by atoms with van der Waals surface area (Å²) in [6, 6.07) is 20.3. The highest BCUT2D eigenvalue weighted by atomic mass is 16.5. The van der Waals surface area contributed by atoms with Crippen molar-refractivity contribution in [3.05, 3.63) is 94.5 Å². The van der Waals surface area contributed by atoms with E-state index < -0.39 is 6.10 Å². The van der Waals surface area contributed by atoms with Crippen molar-refractivity contribution in [1.29, 1.82) is 0 Å². The Bertz CT molecular complexity index is 1180. The molecule has 7 nitrogen and oxygen atoms in total. The summed E-state index contributed by atoms with van der Waals surface area (Å²) in [5, 5.41) is 36.1. The summed E-state index contributed by atoms with van der Waals surface area (Å²) in [7, 11) is 1.65. The normalized spacial score (nSPS) is 12.2. The lowest BCUT2D eigenvalue weighted by Crippen LogP contribution is -2.43. The molecule has 0 heterocycles. The number of aromatic hydroxyl groups is 1. The second-order valence-electron chi connectivity index (χ2n) is 9.91. The van der Waals surface area contributed by atoms with Gasteiger partial charge in [0.1, 0.15) is 11.5 Å². The molecule has 198 valence electrons. The Balaban J connectivity index is 1.49. The van der Waals surface area contributed by atoms with Crippen LogP contribution in [0.4, 0.5) is 0 Å². The molecular weight excluding hydrogens is 468 g/mol. The molecule has 0 unspecified atom stereocenters. The fourth-order valence-corrected chi connectivity index (χ4v) is 4.25. The Morgan fingerprint density at radius 3 is 2.54 bits per heavy atom. The average molecular weight is 507 g/mol. The number of amides is 1. The summed E-state index contributed by atoms with van der Waals surface area (Å²) in [5.74, 6) is 0.745. The standard InChI is InChI=1S/C30H38N2O5/c1-30(2,32-19-28(35)23-12-13-27(34)25(17-23)20-33)18-22-8-4-10-24(15-22)29(36)31-14-6-9-21-7-5-11-26(16-21)37-3/h4-5,7-8,10-13,15-17,28,32-35H,6,9,14,18-20H2,1-3H3,(H,31,36)/t28-/m0/s1. The number of aliphatic hydroxyl groups excluding tert-OH is 2. The molecule has 0 saturated heterocycles. The number of benzene rings is 3. The first kappa shape index (κ1) is 28.2. The minimum atomic E-state index is -0.792. The maximum Gasteiger partial charge on any atom is 0.251 e. The van der Waals surface area contributed by atoms with Crippen molar-refractivity contribution < 1.29 is 24.9 Å². The van der Waals surface area contributed by atoms with Gasteiger partial charge in [-0.1, -0.05) is 30.3 Å². The maximum atomic E-state index is 12.7. The number of aliphatic hydroxyl groups is 2. The second-order valence-corrected chi connectivity index (χ2v) is 9.91. The smallest absolute Gasteiger partial charge is 0.251 e. The largest absolute Gasteiger partial charge is 0.508 e. The van der Waals surface area contributed by atoms with Crippen molar-refractivity contribution in [3.8, 4) is 11.5 Å². The van der Waals surface area contributed by atoms with Crippen LogP contribution >= 0.6 is 0 Å². The van der Waals surface area contributed by atoms with E-state index >= 15 is 0 Å². The lowest BCUT2D eigenvalue weighted by Gasteiger charge is -2.28. The quantitative estimate of drug-likeness (QED) is 0.225. The van der Waals surface area contributed by atoms with Crippen LogP contribution in [0.5, 0.6) is 11.5 Å². The van der Waals surface area contributed by atoms with E-state index in [1.165, 1.54) is 11.6 Å². The Labute approximate surface area is 219 Å². The van der Waals surface area contributed by atoms with Crippen LogP contribution in [0.2, 0.25) is 0 Å². The molecule has 1 amide bonds. The van der Waals surface area contributed by atoms with Crippen molar-refractivity contribution in [2.45, 2.75) is 51.4 Å². The number of β-amino-alcohol motifs (C(OH)–C–C–N with tert-alkyl or cyclic N) is 1. The third kappa shape index (κ3) is 8.60. The van der Waals surface area contributed by atoms with Gasteiger partial charge >= 0.3 is 0 Å². The molecule has 0 aromatic heterocycles. The number of nitrogens with one attached hydrogen (secondary N) is 2. The number of carbonyl (C=O) groups excluding carboxylic acids is 1. The molecule has 5 N–H and O–H groups in total. The fourth-order valence-electron chi connectivity index (χ4n) is 4.25. The van der Waals surface area contributed by atoms with Gasteiger partial charge in [-0.2, -0.15) is 0 Å². The van der Waals surface area contributed by atoms with Crippen molar-refractivity contribution >= 4 is 5.91 Å². The van der Waals surface area contributed by atoms with E-state index in [1.54, 1.807) is 19.2 Å². The van der Waals surface area contributed by atoms with Crippen LogP contribution in [0.25, 0.3) is 0 Å². The Morgan fingerprint density at radius 1 is 1.03 bits per heavy atom. The summed E-state index contributed by atoms with van der Waals surface area (Å²) in [6.07, 6.45) is 1.56. The topological polar surface area (TPSA) is 111 Å². The fraction of sp³-hybridized carbons (Fsp3) is 0.367. The van der Waals surface area contributed by atoms with Gasteiger partial charge in [0.25, 0.3) is 5.91 Å². The van der Waals surface area contributed by atoms with Gasteiger partial charge in [0.2, 0.25) is 0 Å². The van der Waals surface area contributed by atoms with Crippen LogP contribution < -0.4 is 15.4 Å². The summed E-state index contributed by atoms with van der Waals surface area (Å²) < 4.78 is 5.26. The van der Waals surface area contributed by atoms with Crippen LogP contribution in [-0.4, -0.2) is 47.0 Å². The van der Waals surface area contributed by atoms with Crippen molar-refractivity contribution in [2.24, 2.45) is 0 Å². The molecule has 1 atom stereocenters. The summed E-state index contributed by atoms with van der Waals surface area (Å²) in [4.78, 5) is 12.7. The molecule has 0 aliphatic carbocycles. The van der Waals surface area contributed by atoms with Crippen molar-refractivity contribution in [1.82, 2.24) is 10.6 Å². The van der Waals surface area contributed by atoms with Crippen LogP contribution in [0.1, 0.15) is 59.0 Å². The van der Waals surface area contributed by atoms with Crippen LogP contribution in [0.15, 0.2) is 66.7 Å². The maximum absolute atomic E-state index is 12.7. The van der Waals surface area contributed by atoms with E-state index in [0.29, 0.717) is 36.2 Å². The molecule has 3 aromatic rings. The molecule has 0 aliphatic heterocycles.